The Morgan fingerprint density at radius 3 is 3.00 bits per heavy atom. The number of rotatable bonds is 4. The zero-order valence-corrected chi connectivity index (χ0v) is 11.6. The number of amides is 1. The summed E-state index contributed by atoms with van der Waals surface area (Å²) in [5.41, 5.74) is 0.952. The fraction of sp³-hybridized carbons (Fsp3) is 0.533. The van der Waals surface area contributed by atoms with Crippen LogP contribution in [0, 0.1) is 12.7 Å². The van der Waals surface area contributed by atoms with Gasteiger partial charge in [0.25, 0.3) is 5.91 Å². The van der Waals surface area contributed by atoms with Crippen LogP contribution in [0.5, 0.6) is 0 Å². The standard InChI is InChI=1S/C15H21FN2O/c1-3-18-8-4-5-12(18)10-17-15(19)13-7-6-11(2)9-14(13)16/h6-7,9,12H,3-5,8,10H2,1-2H3,(H,17,19). The molecule has 1 N–H and O–H groups in total. The van der Waals surface area contributed by atoms with Crippen molar-refractivity contribution in [2.45, 2.75) is 32.7 Å². The number of aryl methyl sites for hydroxylation is 1. The van der Waals surface area contributed by atoms with E-state index in [1.54, 1.807) is 12.1 Å². The molecule has 1 unspecified atom stereocenters. The van der Waals surface area contributed by atoms with Gasteiger partial charge in [-0.05, 0) is 50.6 Å². The molecule has 4 heteroatoms. The molecule has 0 bridgehead atoms. The summed E-state index contributed by atoms with van der Waals surface area (Å²) < 4.78 is 13.7. The molecule has 1 aliphatic heterocycles. The van der Waals surface area contributed by atoms with Crippen LogP contribution in [0.25, 0.3) is 0 Å². The second-order valence-electron chi connectivity index (χ2n) is 5.12. The van der Waals surface area contributed by atoms with Gasteiger partial charge in [0.1, 0.15) is 5.82 Å². The van der Waals surface area contributed by atoms with Crippen molar-refractivity contribution in [1.82, 2.24) is 10.2 Å². The molecule has 0 aromatic heterocycles. The van der Waals surface area contributed by atoms with E-state index in [0.29, 0.717) is 12.6 Å². The molecule has 1 saturated heterocycles. The monoisotopic (exact) mass is 264 g/mol. The molecule has 1 aromatic rings. The van der Waals surface area contributed by atoms with Crippen molar-refractivity contribution >= 4 is 5.91 Å². The molecule has 2 rings (SSSR count). The van der Waals surface area contributed by atoms with Gasteiger partial charge in [0.05, 0.1) is 5.56 Å². The molecular formula is C15H21FN2O. The van der Waals surface area contributed by atoms with Crippen LogP contribution in [0.3, 0.4) is 0 Å². The fourth-order valence-corrected chi connectivity index (χ4v) is 2.65. The molecule has 1 aromatic carbocycles. The van der Waals surface area contributed by atoms with Gasteiger partial charge in [0, 0.05) is 12.6 Å². The summed E-state index contributed by atoms with van der Waals surface area (Å²) in [6.45, 7) is 6.62. The lowest BCUT2D eigenvalue weighted by atomic mass is 10.1. The molecule has 1 atom stereocenters. The molecule has 3 nitrogen and oxygen atoms in total. The molecule has 104 valence electrons. The zero-order valence-electron chi connectivity index (χ0n) is 11.6. The van der Waals surface area contributed by atoms with Crippen LogP contribution >= 0.6 is 0 Å². The maximum absolute atomic E-state index is 13.7. The molecule has 1 amide bonds. The quantitative estimate of drug-likeness (QED) is 0.905. The first-order valence-corrected chi connectivity index (χ1v) is 6.90. The Morgan fingerprint density at radius 2 is 2.32 bits per heavy atom. The van der Waals surface area contributed by atoms with Crippen molar-refractivity contribution in [3.8, 4) is 0 Å². The molecular weight excluding hydrogens is 243 g/mol. The third-order valence-corrected chi connectivity index (χ3v) is 3.77. The summed E-state index contributed by atoms with van der Waals surface area (Å²) >= 11 is 0. The summed E-state index contributed by atoms with van der Waals surface area (Å²) in [5, 5.41) is 2.84. The first kappa shape index (κ1) is 14.0. The summed E-state index contributed by atoms with van der Waals surface area (Å²) in [6, 6.07) is 5.09. The summed E-state index contributed by atoms with van der Waals surface area (Å²) in [5.74, 6) is -0.767. The van der Waals surface area contributed by atoms with Gasteiger partial charge in [-0.15, -0.1) is 0 Å². The highest BCUT2D eigenvalue weighted by Gasteiger charge is 2.23. The highest BCUT2D eigenvalue weighted by atomic mass is 19.1. The molecule has 0 aliphatic carbocycles. The summed E-state index contributed by atoms with van der Waals surface area (Å²) in [6.07, 6.45) is 2.28. The lowest BCUT2D eigenvalue weighted by molar-refractivity contribution is 0.0937. The third kappa shape index (κ3) is 3.32. The van der Waals surface area contributed by atoms with Gasteiger partial charge in [-0.2, -0.15) is 0 Å². The van der Waals surface area contributed by atoms with E-state index in [4.69, 9.17) is 0 Å². The first-order chi connectivity index (χ1) is 9.11. The Bertz CT molecular complexity index is 461. The number of hydrogen-bond donors (Lipinski definition) is 1. The van der Waals surface area contributed by atoms with Crippen LogP contribution in [-0.2, 0) is 0 Å². The topological polar surface area (TPSA) is 32.3 Å². The van der Waals surface area contributed by atoms with Crippen LogP contribution in [0.2, 0.25) is 0 Å². The molecule has 19 heavy (non-hydrogen) atoms. The van der Waals surface area contributed by atoms with Crippen LogP contribution in [0.15, 0.2) is 18.2 Å². The van der Waals surface area contributed by atoms with Crippen LogP contribution in [0.4, 0.5) is 4.39 Å². The van der Waals surface area contributed by atoms with E-state index in [0.717, 1.165) is 25.1 Å². The Labute approximate surface area is 113 Å². The Hall–Kier alpha value is -1.42. The Kier molecular flexibility index (Phi) is 4.53. The average Bonchev–Trinajstić information content (AvgIpc) is 2.83. The van der Waals surface area contributed by atoms with Crippen molar-refractivity contribution in [2.24, 2.45) is 0 Å². The number of benzene rings is 1. The average molecular weight is 264 g/mol. The summed E-state index contributed by atoms with van der Waals surface area (Å²) in [7, 11) is 0. The maximum atomic E-state index is 13.7. The normalized spacial score (nSPS) is 19.6. The van der Waals surface area contributed by atoms with Gasteiger partial charge in [0.2, 0.25) is 0 Å². The number of nitrogens with one attached hydrogen (secondary N) is 1. The van der Waals surface area contributed by atoms with Crippen molar-refractivity contribution in [1.29, 1.82) is 0 Å². The Morgan fingerprint density at radius 1 is 1.53 bits per heavy atom. The minimum Gasteiger partial charge on any atom is -0.350 e. The highest BCUT2D eigenvalue weighted by molar-refractivity contribution is 5.94. The number of likely N-dealkylation sites (N-methyl/N-ethyl adjacent to an activating group) is 1. The number of nitrogens with zero attached hydrogens (tertiary/aromatic N) is 1. The fourth-order valence-electron chi connectivity index (χ4n) is 2.65. The minimum absolute atomic E-state index is 0.131. The van der Waals surface area contributed by atoms with E-state index in [1.807, 2.05) is 6.92 Å². The predicted molar refractivity (Wildman–Crippen MR) is 73.7 cm³/mol. The number of halogens is 1. The highest BCUT2D eigenvalue weighted by Crippen LogP contribution is 2.16. The second kappa shape index (κ2) is 6.15. The van der Waals surface area contributed by atoms with Gasteiger partial charge >= 0.3 is 0 Å². The van der Waals surface area contributed by atoms with Crippen molar-refractivity contribution in [2.75, 3.05) is 19.6 Å². The van der Waals surface area contributed by atoms with Gasteiger partial charge in [-0.25, -0.2) is 4.39 Å². The SMILES string of the molecule is CCN1CCCC1CNC(=O)c1ccc(C)cc1F. The van der Waals surface area contributed by atoms with E-state index in [2.05, 4.69) is 17.1 Å². The molecule has 0 spiro atoms. The van der Waals surface area contributed by atoms with Crippen LogP contribution in [-0.4, -0.2) is 36.5 Å². The van der Waals surface area contributed by atoms with E-state index in [9.17, 15) is 9.18 Å². The maximum Gasteiger partial charge on any atom is 0.254 e. The van der Waals surface area contributed by atoms with Crippen LogP contribution < -0.4 is 5.32 Å². The van der Waals surface area contributed by atoms with E-state index >= 15 is 0 Å². The van der Waals surface area contributed by atoms with Crippen molar-refractivity contribution in [3.63, 3.8) is 0 Å². The zero-order chi connectivity index (χ0) is 13.8. The largest absolute Gasteiger partial charge is 0.350 e. The molecule has 1 heterocycles. The van der Waals surface area contributed by atoms with Crippen molar-refractivity contribution in [3.05, 3.63) is 35.1 Å². The first-order valence-electron chi connectivity index (χ1n) is 6.90. The molecule has 1 aliphatic rings. The smallest absolute Gasteiger partial charge is 0.254 e. The summed E-state index contributed by atoms with van der Waals surface area (Å²) in [4.78, 5) is 14.3. The van der Waals surface area contributed by atoms with Gasteiger partial charge < -0.3 is 5.32 Å². The third-order valence-electron chi connectivity index (χ3n) is 3.77. The van der Waals surface area contributed by atoms with Crippen molar-refractivity contribution < 1.29 is 9.18 Å². The number of likely N-dealkylation sites (tertiary alicyclic amines) is 1. The van der Waals surface area contributed by atoms with Crippen LogP contribution in [0.1, 0.15) is 35.7 Å². The number of carbonyl (C=O) groups is 1. The van der Waals surface area contributed by atoms with E-state index in [-0.39, 0.29) is 11.5 Å². The molecule has 0 saturated carbocycles. The number of hydrogen-bond acceptors (Lipinski definition) is 2. The predicted octanol–water partition coefficient (Wildman–Crippen LogP) is 2.35. The van der Waals surface area contributed by atoms with E-state index < -0.39 is 5.82 Å². The van der Waals surface area contributed by atoms with Gasteiger partial charge in [-0.3, -0.25) is 9.69 Å². The molecule has 0 radical (unpaired) electrons. The van der Waals surface area contributed by atoms with E-state index in [1.165, 1.54) is 12.5 Å². The van der Waals surface area contributed by atoms with Gasteiger partial charge in [0.15, 0.2) is 0 Å². The molecule has 1 fully saturated rings. The lowest BCUT2D eigenvalue weighted by Crippen LogP contribution is -2.40. The Balaban J connectivity index is 1.94. The lowest BCUT2D eigenvalue weighted by Gasteiger charge is -2.22. The minimum atomic E-state index is -0.448. The number of carbonyl (C=O) groups excluding carboxylic acids is 1. The van der Waals surface area contributed by atoms with Gasteiger partial charge in [-0.1, -0.05) is 13.0 Å². The second-order valence-corrected chi connectivity index (χ2v) is 5.12.